The number of hydrogen-bond acceptors (Lipinski definition) is 3. The topological polar surface area (TPSA) is 51.3 Å². The number of fused-ring (bicyclic) bond motifs is 1. The molecule has 0 unspecified atom stereocenters. The fourth-order valence-electron chi connectivity index (χ4n) is 2.62. The van der Waals surface area contributed by atoms with Crippen LogP contribution in [0.25, 0.3) is 10.9 Å². The Labute approximate surface area is 128 Å². The van der Waals surface area contributed by atoms with E-state index in [0.29, 0.717) is 11.3 Å². The molecule has 0 saturated carbocycles. The van der Waals surface area contributed by atoms with Crippen LogP contribution in [0.1, 0.15) is 21.5 Å². The summed E-state index contributed by atoms with van der Waals surface area (Å²) in [6, 6.07) is 13.6. The standard InChI is InChI=1S/C18H17NO3/c1-21-17-10-13(18(20)22-2)8-7-12(17)9-14-11-19-16-6-4-3-5-15(14)16/h3-8,10-11,19H,9H2,1-2H3. The van der Waals surface area contributed by atoms with Crippen LogP contribution in [0.3, 0.4) is 0 Å². The average Bonchev–Trinajstić information content (AvgIpc) is 2.97. The van der Waals surface area contributed by atoms with Crippen LogP contribution < -0.4 is 4.74 Å². The van der Waals surface area contributed by atoms with E-state index in [1.54, 1.807) is 19.2 Å². The third-order valence-electron chi connectivity index (χ3n) is 3.76. The number of rotatable bonds is 4. The summed E-state index contributed by atoms with van der Waals surface area (Å²) in [5.41, 5.74) is 3.82. The molecule has 0 radical (unpaired) electrons. The maximum Gasteiger partial charge on any atom is 0.337 e. The molecule has 112 valence electrons. The van der Waals surface area contributed by atoms with Gasteiger partial charge >= 0.3 is 5.97 Å². The highest BCUT2D eigenvalue weighted by Crippen LogP contribution is 2.27. The summed E-state index contributed by atoms with van der Waals surface area (Å²) in [4.78, 5) is 14.9. The Morgan fingerprint density at radius 3 is 2.68 bits per heavy atom. The number of ether oxygens (including phenoxy) is 2. The van der Waals surface area contributed by atoms with E-state index in [-0.39, 0.29) is 5.97 Å². The zero-order chi connectivity index (χ0) is 15.5. The first-order valence-electron chi connectivity index (χ1n) is 7.03. The van der Waals surface area contributed by atoms with Gasteiger partial charge in [-0.1, -0.05) is 24.3 Å². The number of para-hydroxylation sites is 1. The van der Waals surface area contributed by atoms with Crippen molar-refractivity contribution in [1.29, 1.82) is 0 Å². The van der Waals surface area contributed by atoms with Gasteiger partial charge in [0.15, 0.2) is 0 Å². The summed E-state index contributed by atoms with van der Waals surface area (Å²) in [6.07, 6.45) is 2.74. The summed E-state index contributed by atoms with van der Waals surface area (Å²) in [5.74, 6) is 0.324. The second-order valence-electron chi connectivity index (χ2n) is 5.05. The summed E-state index contributed by atoms with van der Waals surface area (Å²) in [5, 5.41) is 1.20. The number of hydrogen-bond donors (Lipinski definition) is 1. The smallest absolute Gasteiger partial charge is 0.337 e. The van der Waals surface area contributed by atoms with Crippen molar-refractivity contribution in [3.8, 4) is 5.75 Å². The maximum atomic E-state index is 11.6. The Morgan fingerprint density at radius 2 is 1.91 bits per heavy atom. The summed E-state index contributed by atoms with van der Waals surface area (Å²) in [6.45, 7) is 0. The van der Waals surface area contributed by atoms with Gasteiger partial charge in [-0.05, 0) is 29.3 Å². The van der Waals surface area contributed by atoms with Gasteiger partial charge in [-0.2, -0.15) is 0 Å². The van der Waals surface area contributed by atoms with Gasteiger partial charge < -0.3 is 14.5 Å². The van der Waals surface area contributed by atoms with E-state index in [2.05, 4.69) is 17.1 Å². The van der Waals surface area contributed by atoms with Crippen molar-refractivity contribution in [2.45, 2.75) is 6.42 Å². The predicted octanol–water partition coefficient (Wildman–Crippen LogP) is 3.55. The fourth-order valence-corrected chi connectivity index (χ4v) is 2.62. The van der Waals surface area contributed by atoms with Gasteiger partial charge in [0.1, 0.15) is 5.75 Å². The van der Waals surface area contributed by atoms with Gasteiger partial charge in [0.2, 0.25) is 0 Å². The van der Waals surface area contributed by atoms with E-state index in [1.807, 2.05) is 24.4 Å². The lowest BCUT2D eigenvalue weighted by Gasteiger charge is -2.10. The highest BCUT2D eigenvalue weighted by molar-refractivity contribution is 5.90. The first-order chi connectivity index (χ1) is 10.7. The number of aromatic amines is 1. The van der Waals surface area contributed by atoms with E-state index < -0.39 is 0 Å². The third-order valence-corrected chi connectivity index (χ3v) is 3.76. The molecule has 0 aliphatic rings. The van der Waals surface area contributed by atoms with Gasteiger partial charge in [0, 0.05) is 23.5 Å². The lowest BCUT2D eigenvalue weighted by atomic mass is 10.0. The Kier molecular flexibility index (Phi) is 3.83. The van der Waals surface area contributed by atoms with Gasteiger partial charge in [-0.3, -0.25) is 0 Å². The van der Waals surface area contributed by atoms with Crippen molar-refractivity contribution in [3.63, 3.8) is 0 Å². The number of methoxy groups -OCH3 is 2. The molecule has 0 aliphatic carbocycles. The van der Waals surface area contributed by atoms with Crippen molar-refractivity contribution in [2.75, 3.05) is 14.2 Å². The highest BCUT2D eigenvalue weighted by Gasteiger charge is 2.12. The first-order valence-corrected chi connectivity index (χ1v) is 7.03. The fraction of sp³-hybridized carbons (Fsp3) is 0.167. The van der Waals surface area contributed by atoms with Crippen LogP contribution >= 0.6 is 0 Å². The molecular formula is C18H17NO3. The number of benzene rings is 2. The molecular weight excluding hydrogens is 278 g/mol. The van der Waals surface area contributed by atoms with Crippen molar-refractivity contribution >= 4 is 16.9 Å². The second kappa shape index (κ2) is 5.93. The van der Waals surface area contributed by atoms with Crippen molar-refractivity contribution < 1.29 is 14.3 Å². The van der Waals surface area contributed by atoms with Crippen LogP contribution in [0.4, 0.5) is 0 Å². The van der Waals surface area contributed by atoms with E-state index in [4.69, 9.17) is 9.47 Å². The minimum atomic E-state index is -0.364. The van der Waals surface area contributed by atoms with Crippen molar-refractivity contribution in [1.82, 2.24) is 4.98 Å². The molecule has 0 atom stereocenters. The molecule has 0 saturated heterocycles. The molecule has 4 heteroatoms. The SMILES string of the molecule is COC(=O)c1ccc(Cc2c[nH]c3ccccc23)c(OC)c1. The number of carbonyl (C=O) groups is 1. The van der Waals surface area contributed by atoms with Crippen LogP contribution in [-0.4, -0.2) is 25.2 Å². The number of H-pyrrole nitrogens is 1. The third kappa shape index (κ3) is 2.55. The Morgan fingerprint density at radius 1 is 1.09 bits per heavy atom. The van der Waals surface area contributed by atoms with Crippen LogP contribution in [-0.2, 0) is 11.2 Å². The van der Waals surface area contributed by atoms with E-state index in [9.17, 15) is 4.79 Å². The summed E-state index contributed by atoms with van der Waals surface area (Å²) < 4.78 is 10.2. The molecule has 22 heavy (non-hydrogen) atoms. The second-order valence-corrected chi connectivity index (χ2v) is 5.05. The van der Waals surface area contributed by atoms with Crippen LogP contribution in [0.2, 0.25) is 0 Å². The minimum absolute atomic E-state index is 0.364. The Hall–Kier alpha value is -2.75. The molecule has 0 amide bonds. The molecule has 0 spiro atoms. The molecule has 1 aromatic heterocycles. The van der Waals surface area contributed by atoms with Crippen LogP contribution in [0.5, 0.6) is 5.75 Å². The molecule has 3 rings (SSSR count). The Balaban J connectivity index is 1.96. The summed E-state index contributed by atoms with van der Waals surface area (Å²) in [7, 11) is 2.98. The van der Waals surface area contributed by atoms with Gasteiger partial charge in [-0.15, -0.1) is 0 Å². The molecule has 1 N–H and O–H groups in total. The highest BCUT2D eigenvalue weighted by atomic mass is 16.5. The zero-order valence-electron chi connectivity index (χ0n) is 12.6. The monoisotopic (exact) mass is 295 g/mol. The van der Waals surface area contributed by atoms with Gasteiger partial charge in [0.05, 0.1) is 19.8 Å². The molecule has 4 nitrogen and oxygen atoms in total. The van der Waals surface area contributed by atoms with E-state index >= 15 is 0 Å². The summed E-state index contributed by atoms with van der Waals surface area (Å²) >= 11 is 0. The number of aromatic nitrogens is 1. The van der Waals surface area contributed by atoms with Gasteiger partial charge in [0.25, 0.3) is 0 Å². The molecule has 0 bridgehead atoms. The molecule has 1 heterocycles. The quantitative estimate of drug-likeness (QED) is 0.749. The normalized spacial score (nSPS) is 10.6. The van der Waals surface area contributed by atoms with Crippen LogP contribution in [0, 0.1) is 0 Å². The molecule has 3 aromatic rings. The predicted molar refractivity (Wildman–Crippen MR) is 85.4 cm³/mol. The average molecular weight is 295 g/mol. The number of nitrogens with one attached hydrogen (secondary N) is 1. The largest absolute Gasteiger partial charge is 0.496 e. The number of carbonyl (C=O) groups excluding carboxylic acids is 1. The molecule has 2 aromatic carbocycles. The number of esters is 1. The lowest BCUT2D eigenvalue weighted by molar-refractivity contribution is 0.0600. The first kappa shape index (κ1) is 14.2. The Bertz CT molecular complexity index is 820. The van der Waals surface area contributed by atoms with Crippen molar-refractivity contribution in [3.05, 3.63) is 65.4 Å². The van der Waals surface area contributed by atoms with Crippen molar-refractivity contribution in [2.24, 2.45) is 0 Å². The van der Waals surface area contributed by atoms with Gasteiger partial charge in [-0.25, -0.2) is 4.79 Å². The molecule has 0 aliphatic heterocycles. The van der Waals surface area contributed by atoms with Crippen LogP contribution in [0.15, 0.2) is 48.7 Å². The lowest BCUT2D eigenvalue weighted by Crippen LogP contribution is -2.03. The maximum absolute atomic E-state index is 11.6. The molecule has 0 fully saturated rings. The minimum Gasteiger partial charge on any atom is -0.496 e. The van der Waals surface area contributed by atoms with E-state index in [1.165, 1.54) is 18.1 Å². The van der Waals surface area contributed by atoms with E-state index in [0.717, 1.165) is 17.5 Å². The zero-order valence-corrected chi connectivity index (χ0v) is 12.6.